The summed E-state index contributed by atoms with van der Waals surface area (Å²) in [5.74, 6) is 0. The van der Waals surface area contributed by atoms with Crippen LogP contribution in [0, 0.1) is 0 Å². The molecule has 0 aliphatic heterocycles. The second-order valence-electron chi connectivity index (χ2n) is 4.36. The van der Waals surface area contributed by atoms with Crippen molar-refractivity contribution in [2.75, 3.05) is 32.9 Å². The average Bonchev–Trinajstić information content (AvgIpc) is 2.37. The van der Waals surface area contributed by atoms with Crippen LogP contribution in [0.15, 0.2) is 11.8 Å². The minimum atomic E-state index is -0.452. The van der Waals surface area contributed by atoms with Gasteiger partial charge in [-0.25, -0.2) is 4.39 Å². The Balaban J connectivity index is 3.40. The first-order chi connectivity index (χ1) is 8.74. The number of allylic oxidation sites excluding steroid dienone is 2. The van der Waals surface area contributed by atoms with Crippen LogP contribution < -0.4 is 16.4 Å². The topological polar surface area (TPSA) is 70.3 Å². The highest BCUT2D eigenvalue weighted by molar-refractivity contribution is 4.99. The maximum absolute atomic E-state index is 12.2. The number of halogens is 1. The van der Waals surface area contributed by atoms with E-state index in [1.165, 1.54) is 0 Å². The van der Waals surface area contributed by atoms with E-state index in [1.54, 1.807) is 6.08 Å². The van der Waals surface area contributed by atoms with E-state index in [0.29, 0.717) is 13.1 Å². The van der Waals surface area contributed by atoms with Gasteiger partial charge in [0.05, 0.1) is 6.10 Å². The van der Waals surface area contributed by atoms with Gasteiger partial charge in [0.25, 0.3) is 0 Å². The third-order valence-electron chi connectivity index (χ3n) is 2.63. The highest BCUT2D eigenvalue weighted by Gasteiger charge is 1.99. The van der Waals surface area contributed by atoms with Crippen molar-refractivity contribution < 1.29 is 9.50 Å². The van der Waals surface area contributed by atoms with E-state index in [1.807, 2.05) is 0 Å². The molecular formula is C13H28FN3O. The van der Waals surface area contributed by atoms with Crippen LogP contribution in [0.25, 0.3) is 0 Å². The lowest BCUT2D eigenvalue weighted by Crippen LogP contribution is -2.33. The monoisotopic (exact) mass is 261 g/mol. The van der Waals surface area contributed by atoms with E-state index in [4.69, 9.17) is 5.73 Å². The van der Waals surface area contributed by atoms with E-state index >= 15 is 0 Å². The van der Waals surface area contributed by atoms with E-state index in [9.17, 15) is 9.50 Å². The number of aliphatic hydroxyl groups is 1. The zero-order chi connectivity index (χ0) is 13.6. The molecule has 0 aromatic carbocycles. The summed E-state index contributed by atoms with van der Waals surface area (Å²) in [4.78, 5) is 0. The number of hydrogen-bond donors (Lipinski definition) is 4. The Morgan fingerprint density at radius 1 is 1.39 bits per heavy atom. The molecule has 0 saturated heterocycles. The van der Waals surface area contributed by atoms with Crippen LogP contribution in [0.4, 0.5) is 4.39 Å². The largest absolute Gasteiger partial charge is 0.390 e. The summed E-state index contributed by atoms with van der Waals surface area (Å²) in [6.07, 6.45) is 5.15. The zero-order valence-corrected chi connectivity index (χ0v) is 11.4. The van der Waals surface area contributed by atoms with Crippen LogP contribution in [0.1, 0.15) is 32.6 Å². The Labute approximate surface area is 110 Å². The molecule has 0 spiro atoms. The fraction of sp³-hybridized carbons (Fsp3) is 0.846. The molecule has 0 unspecified atom stereocenters. The zero-order valence-electron chi connectivity index (χ0n) is 11.4. The van der Waals surface area contributed by atoms with Gasteiger partial charge in [0, 0.05) is 25.3 Å². The summed E-state index contributed by atoms with van der Waals surface area (Å²) >= 11 is 0. The Morgan fingerprint density at radius 2 is 2.11 bits per heavy atom. The normalized spacial score (nSPS) is 13.7. The first-order valence-electron chi connectivity index (χ1n) is 6.82. The van der Waals surface area contributed by atoms with Crippen molar-refractivity contribution in [3.63, 3.8) is 0 Å². The fourth-order valence-corrected chi connectivity index (χ4v) is 1.60. The van der Waals surface area contributed by atoms with E-state index in [2.05, 4.69) is 17.6 Å². The van der Waals surface area contributed by atoms with Gasteiger partial charge in [-0.1, -0.05) is 13.3 Å². The number of nitrogens with two attached hydrogens (primary N) is 1. The molecule has 0 amide bonds. The van der Waals surface area contributed by atoms with E-state index in [0.717, 1.165) is 44.5 Å². The fourth-order valence-electron chi connectivity index (χ4n) is 1.60. The predicted molar refractivity (Wildman–Crippen MR) is 74.1 cm³/mol. The maximum atomic E-state index is 12.2. The Kier molecular flexibility index (Phi) is 12.3. The summed E-state index contributed by atoms with van der Waals surface area (Å²) in [5.41, 5.74) is 6.29. The molecule has 0 aliphatic rings. The van der Waals surface area contributed by atoms with Gasteiger partial charge >= 0.3 is 0 Å². The number of unbranched alkanes of at least 4 members (excludes halogenated alkanes) is 1. The van der Waals surface area contributed by atoms with E-state index < -0.39 is 12.8 Å². The molecule has 108 valence electrons. The van der Waals surface area contributed by atoms with Crippen LogP contribution in [0.5, 0.6) is 0 Å². The van der Waals surface area contributed by atoms with Crippen molar-refractivity contribution >= 4 is 0 Å². The third kappa shape index (κ3) is 10.5. The Bertz CT molecular complexity index is 212. The molecule has 0 radical (unpaired) electrons. The second kappa shape index (κ2) is 12.8. The van der Waals surface area contributed by atoms with Crippen LogP contribution in [0.2, 0.25) is 0 Å². The molecule has 0 fully saturated rings. The number of alkyl halides is 1. The summed E-state index contributed by atoms with van der Waals surface area (Å²) in [5, 5.41) is 15.6. The predicted octanol–water partition coefficient (Wildman–Crippen LogP) is 0.919. The molecule has 4 nitrogen and oxygen atoms in total. The van der Waals surface area contributed by atoms with Crippen LogP contribution in [-0.4, -0.2) is 44.1 Å². The quantitative estimate of drug-likeness (QED) is 0.394. The van der Waals surface area contributed by atoms with Crippen molar-refractivity contribution in [1.82, 2.24) is 10.6 Å². The number of nitrogens with one attached hydrogen (secondary N) is 2. The molecule has 0 aromatic heterocycles. The molecule has 5 N–H and O–H groups in total. The minimum absolute atomic E-state index is 0.295. The lowest BCUT2D eigenvalue weighted by molar-refractivity contribution is 0.179. The molecular weight excluding hydrogens is 233 g/mol. The van der Waals surface area contributed by atoms with Gasteiger partial charge in [-0.05, 0) is 31.9 Å². The van der Waals surface area contributed by atoms with Gasteiger partial charge in [0.2, 0.25) is 0 Å². The molecule has 18 heavy (non-hydrogen) atoms. The molecule has 0 heterocycles. The van der Waals surface area contributed by atoms with Crippen LogP contribution >= 0.6 is 0 Å². The first-order valence-corrected chi connectivity index (χ1v) is 6.82. The summed E-state index contributed by atoms with van der Waals surface area (Å²) in [6, 6.07) is 0. The van der Waals surface area contributed by atoms with Crippen molar-refractivity contribution in [2.24, 2.45) is 5.73 Å². The summed E-state index contributed by atoms with van der Waals surface area (Å²) in [6.45, 7) is 4.26. The highest BCUT2D eigenvalue weighted by Crippen LogP contribution is 2.01. The van der Waals surface area contributed by atoms with Crippen LogP contribution in [-0.2, 0) is 0 Å². The molecule has 5 heteroatoms. The molecule has 0 bridgehead atoms. The van der Waals surface area contributed by atoms with Gasteiger partial charge in [-0.15, -0.1) is 0 Å². The number of aliphatic hydroxyl groups excluding tert-OH is 1. The molecule has 1 atom stereocenters. The third-order valence-corrected chi connectivity index (χ3v) is 2.63. The molecule has 0 aliphatic carbocycles. The van der Waals surface area contributed by atoms with Crippen molar-refractivity contribution in [1.29, 1.82) is 0 Å². The Morgan fingerprint density at radius 3 is 2.72 bits per heavy atom. The lowest BCUT2D eigenvalue weighted by Gasteiger charge is -2.11. The SMILES string of the molecule is CCC/C(=C\CF)NCCCCNC[C@H](O)CN. The number of rotatable bonds is 12. The highest BCUT2D eigenvalue weighted by atomic mass is 19.1. The maximum Gasteiger partial charge on any atom is 0.110 e. The van der Waals surface area contributed by atoms with Gasteiger partial charge in [-0.3, -0.25) is 0 Å². The average molecular weight is 261 g/mol. The summed E-state index contributed by atoms with van der Waals surface area (Å²) in [7, 11) is 0. The minimum Gasteiger partial charge on any atom is -0.390 e. The lowest BCUT2D eigenvalue weighted by atomic mass is 10.2. The second-order valence-corrected chi connectivity index (χ2v) is 4.36. The van der Waals surface area contributed by atoms with Crippen LogP contribution in [0.3, 0.4) is 0 Å². The van der Waals surface area contributed by atoms with E-state index in [-0.39, 0.29) is 0 Å². The van der Waals surface area contributed by atoms with Gasteiger partial charge < -0.3 is 21.5 Å². The molecule has 0 saturated carbocycles. The summed E-state index contributed by atoms with van der Waals surface area (Å²) < 4.78 is 12.2. The van der Waals surface area contributed by atoms with Gasteiger partial charge in [-0.2, -0.15) is 0 Å². The van der Waals surface area contributed by atoms with Gasteiger partial charge in [0.1, 0.15) is 6.67 Å². The standard InChI is InChI=1S/C13H28FN3O/c1-2-5-12(6-7-14)17-9-4-3-8-16-11-13(18)10-15/h6,13,16-18H,2-5,7-11,15H2,1H3/b12-6+/t13-/m1/s1. The van der Waals surface area contributed by atoms with Crippen molar-refractivity contribution in [2.45, 2.75) is 38.7 Å². The smallest absolute Gasteiger partial charge is 0.110 e. The molecule has 0 rings (SSSR count). The first kappa shape index (κ1) is 17.4. The van der Waals surface area contributed by atoms with Crippen molar-refractivity contribution in [3.05, 3.63) is 11.8 Å². The van der Waals surface area contributed by atoms with Gasteiger partial charge in [0.15, 0.2) is 0 Å². The Hall–Kier alpha value is -0.650. The van der Waals surface area contributed by atoms with Crippen molar-refractivity contribution in [3.8, 4) is 0 Å². The molecule has 0 aromatic rings. The number of hydrogen-bond acceptors (Lipinski definition) is 4.